The highest BCUT2D eigenvalue weighted by Gasteiger charge is 2.28. The van der Waals surface area contributed by atoms with E-state index in [1.165, 1.54) is 0 Å². The maximum Gasteiger partial charge on any atom is 0.303 e. The van der Waals surface area contributed by atoms with E-state index in [2.05, 4.69) is 15.6 Å². The monoisotopic (exact) mass is 498 g/mol. The number of hydrogen-bond acceptors (Lipinski definition) is 4. The first-order chi connectivity index (χ1) is 17.5. The summed E-state index contributed by atoms with van der Waals surface area (Å²) in [6.07, 6.45) is 5.94. The molecule has 4 aromatic rings. The van der Waals surface area contributed by atoms with Gasteiger partial charge in [0.05, 0.1) is 23.3 Å². The zero-order valence-corrected chi connectivity index (χ0v) is 20.0. The summed E-state index contributed by atoms with van der Waals surface area (Å²) in [7, 11) is 0. The number of carboxylic acids is 1. The fourth-order valence-electron chi connectivity index (χ4n) is 4.19. The molecule has 1 amide bonds. The largest absolute Gasteiger partial charge is 0.481 e. The predicted octanol–water partition coefficient (Wildman–Crippen LogP) is 5.53. The number of carboxylic acid groups (broad SMARTS) is 1. The number of carbonyl (C=O) groups excluding carboxylic acids is 1. The lowest BCUT2D eigenvalue weighted by Crippen LogP contribution is -2.10. The molecule has 1 aliphatic rings. The average Bonchev–Trinajstić information content (AvgIpc) is 3.49. The molecular weight excluding hydrogens is 476 g/mol. The molecule has 0 bridgehead atoms. The molecular formula is C28H23ClN4O3. The Bertz CT molecular complexity index is 1440. The number of aliphatic carboxylic acids is 1. The van der Waals surface area contributed by atoms with Gasteiger partial charge in [-0.2, -0.15) is 0 Å². The number of fused-ring (bicyclic) bond motifs is 1. The molecule has 3 aromatic carbocycles. The van der Waals surface area contributed by atoms with Crippen LogP contribution in [-0.4, -0.2) is 26.5 Å². The first-order valence-electron chi connectivity index (χ1n) is 11.4. The molecule has 180 valence electrons. The summed E-state index contributed by atoms with van der Waals surface area (Å²) in [6.45, 7) is 0.711. The van der Waals surface area contributed by atoms with E-state index in [-0.39, 0.29) is 12.3 Å². The van der Waals surface area contributed by atoms with Crippen molar-refractivity contribution >= 4 is 46.1 Å². The van der Waals surface area contributed by atoms with E-state index in [1.807, 2.05) is 65.4 Å². The van der Waals surface area contributed by atoms with Crippen molar-refractivity contribution < 1.29 is 14.7 Å². The van der Waals surface area contributed by atoms with Crippen molar-refractivity contribution in [3.05, 3.63) is 113 Å². The molecule has 2 heterocycles. The van der Waals surface area contributed by atoms with Gasteiger partial charge in [0.15, 0.2) is 0 Å². The number of nitrogens with zero attached hydrogens (tertiary/aromatic N) is 2. The van der Waals surface area contributed by atoms with Crippen molar-refractivity contribution in [1.82, 2.24) is 9.55 Å². The van der Waals surface area contributed by atoms with Gasteiger partial charge in [-0.1, -0.05) is 54.1 Å². The molecule has 0 unspecified atom stereocenters. The minimum absolute atomic E-state index is 0.0630. The van der Waals surface area contributed by atoms with Gasteiger partial charge in [-0.3, -0.25) is 9.59 Å². The lowest BCUT2D eigenvalue weighted by molar-refractivity contribution is -0.137. The van der Waals surface area contributed by atoms with E-state index >= 15 is 0 Å². The molecule has 0 fully saturated rings. The summed E-state index contributed by atoms with van der Waals surface area (Å²) in [5.74, 6) is -1.06. The summed E-state index contributed by atoms with van der Waals surface area (Å²) in [5.41, 5.74) is 6.27. The normalized spacial score (nSPS) is 13.8. The maximum atomic E-state index is 13.1. The number of hydrogen-bond donors (Lipinski definition) is 3. The second-order valence-electron chi connectivity index (χ2n) is 8.54. The third-order valence-corrected chi connectivity index (χ3v) is 6.23. The molecule has 1 aliphatic heterocycles. The SMILES string of the molecule is O=C(O)CCc1ccc(/C(Nc2ccc(Cn3ccnc3)cc2)=C2/C(=O)Nc3cc(Cl)ccc32)cc1. The molecule has 0 aliphatic carbocycles. The third kappa shape index (κ3) is 5.16. The number of benzene rings is 3. The van der Waals surface area contributed by atoms with Crippen LogP contribution in [0, 0.1) is 0 Å². The first-order valence-corrected chi connectivity index (χ1v) is 11.8. The van der Waals surface area contributed by atoms with Crippen LogP contribution in [0.1, 0.15) is 28.7 Å². The Hall–Kier alpha value is -4.36. The standard InChI is InChI=1S/C28H23ClN4O3/c29-21-8-11-23-24(15-21)32-28(36)26(23)27(20-6-1-18(2-7-20)5-12-25(34)35)31-22-9-3-19(4-10-22)16-33-14-13-30-17-33/h1-4,6-11,13-15,17,31H,5,12,16H2,(H,32,36)(H,34,35)/b27-26-. The van der Waals surface area contributed by atoms with Crippen LogP contribution in [0.3, 0.4) is 0 Å². The number of halogens is 1. The number of amides is 1. The Labute approximate surface area is 213 Å². The number of anilines is 2. The van der Waals surface area contributed by atoms with Crippen molar-refractivity contribution in [3.63, 3.8) is 0 Å². The second-order valence-corrected chi connectivity index (χ2v) is 8.98. The van der Waals surface area contributed by atoms with E-state index in [1.54, 1.807) is 24.7 Å². The number of aryl methyl sites for hydroxylation is 1. The van der Waals surface area contributed by atoms with Gasteiger partial charge in [0, 0.05) is 41.6 Å². The molecule has 8 heteroatoms. The van der Waals surface area contributed by atoms with Gasteiger partial charge < -0.3 is 20.3 Å². The molecule has 0 spiro atoms. The van der Waals surface area contributed by atoms with E-state index in [4.69, 9.17) is 16.7 Å². The lowest BCUT2D eigenvalue weighted by atomic mass is 9.98. The first kappa shape index (κ1) is 23.4. The van der Waals surface area contributed by atoms with Crippen molar-refractivity contribution in [1.29, 1.82) is 0 Å². The zero-order valence-electron chi connectivity index (χ0n) is 19.2. The van der Waals surface area contributed by atoms with Gasteiger partial charge in [-0.25, -0.2) is 4.98 Å². The summed E-state index contributed by atoms with van der Waals surface area (Å²) < 4.78 is 1.99. The van der Waals surface area contributed by atoms with Crippen molar-refractivity contribution in [3.8, 4) is 0 Å². The highest BCUT2D eigenvalue weighted by atomic mass is 35.5. The van der Waals surface area contributed by atoms with Gasteiger partial charge in [0.2, 0.25) is 0 Å². The summed E-state index contributed by atoms with van der Waals surface area (Å²) >= 11 is 6.15. The molecule has 0 atom stereocenters. The molecule has 7 nitrogen and oxygen atoms in total. The van der Waals surface area contributed by atoms with E-state index in [9.17, 15) is 9.59 Å². The maximum absolute atomic E-state index is 13.1. The molecule has 5 rings (SSSR count). The molecule has 3 N–H and O–H groups in total. The minimum Gasteiger partial charge on any atom is -0.481 e. The fourth-order valence-corrected chi connectivity index (χ4v) is 4.36. The number of rotatable bonds is 8. The number of aromatic nitrogens is 2. The van der Waals surface area contributed by atoms with Crippen LogP contribution >= 0.6 is 11.6 Å². The van der Waals surface area contributed by atoms with Crippen LogP contribution in [0.15, 0.2) is 85.5 Å². The van der Waals surface area contributed by atoms with Gasteiger partial charge in [-0.15, -0.1) is 0 Å². The Balaban J connectivity index is 1.50. The predicted molar refractivity (Wildman–Crippen MR) is 141 cm³/mol. The van der Waals surface area contributed by atoms with Crippen LogP contribution in [0.25, 0.3) is 11.3 Å². The number of carbonyl (C=O) groups is 2. The van der Waals surface area contributed by atoms with Crippen LogP contribution in [0.4, 0.5) is 11.4 Å². The van der Waals surface area contributed by atoms with Gasteiger partial charge in [-0.05, 0) is 47.4 Å². The van der Waals surface area contributed by atoms with E-state index < -0.39 is 5.97 Å². The molecule has 0 saturated carbocycles. The second kappa shape index (κ2) is 10.1. The Morgan fingerprint density at radius 2 is 1.78 bits per heavy atom. The Morgan fingerprint density at radius 1 is 1.03 bits per heavy atom. The van der Waals surface area contributed by atoms with Crippen LogP contribution in [0.2, 0.25) is 5.02 Å². The van der Waals surface area contributed by atoms with Gasteiger partial charge in [0.25, 0.3) is 5.91 Å². The Morgan fingerprint density at radius 3 is 2.47 bits per heavy atom. The van der Waals surface area contributed by atoms with E-state index in [0.717, 1.165) is 27.9 Å². The number of nitrogens with one attached hydrogen (secondary N) is 2. The highest BCUT2D eigenvalue weighted by molar-refractivity contribution is 6.38. The zero-order chi connectivity index (χ0) is 25.1. The van der Waals surface area contributed by atoms with E-state index in [0.29, 0.717) is 34.9 Å². The summed E-state index contributed by atoms with van der Waals surface area (Å²) in [4.78, 5) is 28.1. The minimum atomic E-state index is -0.835. The van der Waals surface area contributed by atoms with Crippen molar-refractivity contribution in [2.75, 3.05) is 10.6 Å². The Kier molecular flexibility index (Phi) is 6.56. The van der Waals surface area contributed by atoms with Crippen LogP contribution in [-0.2, 0) is 22.6 Å². The third-order valence-electron chi connectivity index (χ3n) is 5.99. The number of imidazole rings is 1. The van der Waals surface area contributed by atoms with Crippen molar-refractivity contribution in [2.45, 2.75) is 19.4 Å². The van der Waals surface area contributed by atoms with Gasteiger partial charge >= 0.3 is 5.97 Å². The average molecular weight is 499 g/mol. The summed E-state index contributed by atoms with van der Waals surface area (Å²) in [6, 6.07) is 20.9. The molecule has 0 saturated heterocycles. The molecule has 36 heavy (non-hydrogen) atoms. The quantitative estimate of drug-likeness (QED) is 0.277. The summed E-state index contributed by atoms with van der Waals surface area (Å²) in [5, 5.41) is 15.9. The van der Waals surface area contributed by atoms with Crippen molar-refractivity contribution in [2.24, 2.45) is 0 Å². The molecule has 0 radical (unpaired) electrons. The fraction of sp³-hybridized carbons (Fsp3) is 0.107. The van der Waals surface area contributed by atoms with Crippen LogP contribution < -0.4 is 10.6 Å². The smallest absolute Gasteiger partial charge is 0.303 e. The molecule has 1 aromatic heterocycles. The van der Waals surface area contributed by atoms with Crippen LogP contribution in [0.5, 0.6) is 0 Å². The topological polar surface area (TPSA) is 96.2 Å². The highest BCUT2D eigenvalue weighted by Crippen LogP contribution is 2.38. The lowest BCUT2D eigenvalue weighted by Gasteiger charge is -2.16. The van der Waals surface area contributed by atoms with Gasteiger partial charge in [0.1, 0.15) is 0 Å².